The van der Waals surface area contributed by atoms with E-state index in [-0.39, 0.29) is 22.7 Å². The second-order valence-corrected chi connectivity index (χ2v) is 7.78. The van der Waals surface area contributed by atoms with Gasteiger partial charge in [0, 0.05) is 12.4 Å². The van der Waals surface area contributed by atoms with E-state index in [0.29, 0.717) is 41.2 Å². The van der Waals surface area contributed by atoms with E-state index in [2.05, 4.69) is 9.97 Å². The fourth-order valence-electron chi connectivity index (χ4n) is 4.15. The third-order valence-corrected chi connectivity index (χ3v) is 5.59. The SMILES string of the molecule is CCCOc1ccc(C2c3c(oc4ccccc4c3=O)C(=O)N2c2ncccn2)cc1OCC. The highest BCUT2D eigenvalue weighted by atomic mass is 16.5. The van der Waals surface area contributed by atoms with Gasteiger partial charge in [-0.3, -0.25) is 14.5 Å². The van der Waals surface area contributed by atoms with E-state index >= 15 is 0 Å². The van der Waals surface area contributed by atoms with Gasteiger partial charge in [-0.1, -0.05) is 25.1 Å². The zero-order chi connectivity index (χ0) is 23.7. The molecule has 0 saturated carbocycles. The van der Waals surface area contributed by atoms with E-state index in [1.54, 1.807) is 54.9 Å². The minimum Gasteiger partial charge on any atom is -0.490 e. The van der Waals surface area contributed by atoms with Gasteiger partial charge in [0.2, 0.25) is 11.7 Å². The van der Waals surface area contributed by atoms with Gasteiger partial charge in [-0.15, -0.1) is 0 Å². The zero-order valence-corrected chi connectivity index (χ0v) is 18.9. The molecule has 0 N–H and O–H groups in total. The second-order valence-electron chi connectivity index (χ2n) is 7.78. The molecule has 172 valence electrons. The lowest BCUT2D eigenvalue weighted by Gasteiger charge is -2.24. The molecule has 1 unspecified atom stereocenters. The molecule has 1 aliphatic rings. The van der Waals surface area contributed by atoms with Gasteiger partial charge >= 0.3 is 0 Å². The Morgan fingerprint density at radius 3 is 2.53 bits per heavy atom. The highest BCUT2D eigenvalue weighted by molar-refractivity contribution is 6.09. The predicted octanol–water partition coefficient (Wildman–Crippen LogP) is 4.52. The van der Waals surface area contributed by atoms with E-state index in [0.717, 1.165) is 6.42 Å². The second kappa shape index (κ2) is 8.97. The molecular formula is C26H23N3O5. The number of aromatic nitrogens is 2. The summed E-state index contributed by atoms with van der Waals surface area (Å²) in [5, 5.41) is 0.405. The van der Waals surface area contributed by atoms with E-state index in [1.165, 1.54) is 4.90 Å². The summed E-state index contributed by atoms with van der Waals surface area (Å²) in [5.74, 6) is 0.832. The molecule has 5 rings (SSSR count). The van der Waals surface area contributed by atoms with Crippen LogP contribution in [0, 0.1) is 0 Å². The fourth-order valence-corrected chi connectivity index (χ4v) is 4.15. The Morgan fingerprint density at radius 1 is 0.971 bits per heavy atom. The number of fused-ring (bicyclic) bond motifs is 2. The van der Waals surface area contributed by atoms with Crippen LogP contribution in [0.5, 0.6) is 11.5 Å². The number of benzene rings is 2. The van der Waals surface area contributed by atoms with Crippen molar-refractivity contribution in [2.75, 3.05) is 18.1 Å². The van der Waals surface area contributed by atoms with Crippen LogP contribution < -0.4 is 19.8 Å². The molecule has 34 heavy (non-hydrogen) atoms. The number of ether oxygens (including phenoxy) is 2. The Morgan fingerprint density at radius 2 is 1.76 bits per heavy atom. The molecule has 4 aromatic rings. The number of carbonyl (C=O) groups is 1. The van der Waals surface area contributed by atoms with Crippen LogP contribution in [0.15, 0.2) is 70.1 Å². The van der Waals surface area contributed by atoms with Crippen LogP contribution in [0.25, 0.3) is 11.0 Å². The molecule has 3 heterocycles. The summed E-state index contributed by atoms with van der Waals surface area (Å²) in [4.78, 5) is 37.1. The number of para-hydroxylation sites is 1. The first-order chi connectivity index (χ1) is 16.6. The maximum Gasteiger partial charge on any atom is 0.297 e. The van der Waals surface area contributed by atoms with Crippen molar-refractivity contribution in [1.82, 2.24) is 9.97 Å². The highest BCUT2D eigenvalue weighted by Gasteiger charge is 2.45. The lowest BCUT2D eigenvalue weighted by atomic mass is 9.98. The number of hydrogen-bond acceptors (Lipinski definition) is 7. The van der Waals surface area contributed by atoms with Gasteiger partial charge < -0.3 is 13.9 Å². The molecule has 0 fully saturated rings. The molecule has 0 saturated heterocycles. The number of nitrogens with zero attached hydrogens (tertiary/aromatic N) is 3. The van der Waals surface area contributed by atoms with Crippen molar-refractivity contribution in [3.05, 3.63) is 88.0 Å². The van der Waals surface area contributed by atoms with Crippen molar-refractivity contribution in [1.29, 1.82) is 0 Å². The molecule has 1 aliphatic heterocycles. The van der Waals surface area contributed by atoms with Crippen molar-refractivity contribution < 1.29 is 18.7 Å². The first kappa shape index (κ1) is 21.6. The molecule has 0 radical (unpaired) electrons. The summed E-state index contributed by atoms with van der Waals surface area (Å²) in [5.41, 5.74) is 1.00. The molecule has 2 aromatic heterocycles. The number of rotatable bonds is 7. The van der Waals surface area contributed by atoms with E-state index < -0.39 is 11.9 Å². The quantitative estimate of drug-likeness (QED) is 0.403. The normalized spacial score (nSPS) is 14.9. The van der Waals surface area contributed by atoms with Gasteiger partial charge in [-0.05, 0) is 49.2 Å². The van der Waals surface area contributed by atoms with Crippen LogP contribution >= 0.6 is 0 Å². The van der Waals surface area contributed by atoms with Crippen molar-refractivity contribution in [2.24, 2.45) is 0 Å². The number of carbonyl (C=O) groups excluding carboxylic acids is 1. The minimum atomic E-state index is -0.787. The largest absolute Gasteiger partial charge is 0.490 e. The Hall–Kier alpha value is -4.20. The summed E-state index contributed by atoms with van der Waals surface area (Å²) in [7, 11) is 0. The lowest BCUT2D eigenvalue weighted by molar-refractivity contribution is 0.0969. The third-order valence-electron chi connectivity index (χ3n) is 5.59. The van der Waals surface area contributed by atoms with Crippen molar-refractivity contribution >= 4 is 22.8 Å². The van der Waals surface area contributed by atoms with Crippen LogP contribution in [-0.2, 0) is 0 Å². The lowest BCUT2D eigenvalue weighted by Crippen LogP contribution is -2.31. The summed E-state index contributed by atoms with van der Waals surface area (Å²) in [6.45, 7) is 4.89. The molecular weight excluding hydrogens is 434 g/mol. The Kier molecular flexibility index (Phi) is 5.71. The number of anilines is 1. The molecule has 8 heteroatoms. The van der Waals surface area contributed by atoms with Gasteiger partial charge in [0.15, 0.2) is 16.9 Å². The maximum absolute atomic E-state index is 13.6. The maximum atomic E-state index is 13.6. The first-order valence-corrected chi connectivity index (χ1v) is 11.2. The fraction of sp³-hybridized carbons (Fsp3) is 0.231. The van der Waals surface area contributed by atoms with Crippen molar-refractivity contribution in [2.45, 2.75) is 26.3 Å². The van der Waals surface area contributed by atoms with E-state index in [1.807, 2.05) is 19.9 Å². The zero-order valence-electron chi connectivity index (χ0n) is 18.9. The Bertz CT molecular complexity index is 1420. The van der Waals surface area contributed by atoms with Crippen LogP contribution in [0.3, 0.4) is 0 Å². The van der Waals surface area contributed by atoms with Crippen LogP contribution in [0.1, 0.15) is 48.0 Å². The summed E-state index contributed by atoms with van der Waals surface area (Å²) < 4.78 is 17.6. The van der Waals surface area contributed by atoms with Gasteiger partial charge in [-0.25, -0.2) is 9.97 Å². The smallest absolute Gasteiger partial charge is 0.297 e. The average Bonchev–Trinajstić information content (AvgIpc) is 3.16. The average molecular weight is 457 g/mol. The predicted molar refractivity (Wildman–Crippen MR) is 127 cm³/mol. The van der Waals surface area contributed by atoms with Crippen LogP contribution in [0.2, 0.25) is 0 Å². The van der Waals surface area contributed by atoms with Gasteiger partial charge in [0.1, 0.15) is 5.58 Å². The van der Waals surface area contributed by atoms with E-state index in [9.17, 15) is 9.59 Å². The first-order valence-electron chi connectivity index (χ1n) is 11.2. The Labute approximate surface area is 195 Å². The molecule has 0 spiro atoms. The van der Waals surface area contributed by atoms with Crippen LogP contribution in [0.4, 0.5) is 5.95 Å². The molecule has 1 atom stereocenters. The number of hydrogen-bond donors (Lipinski definition) is 0. The third kappa shape index (κ3) is 3.57. The van der Waals surface area contributed by atoms with E-state index in [4.69, 9.17) is 13.9 Å². The Balaban J connectivity index is 1.74. The van der Waals surface area contributed by atoms with Crippen molar-refractivity contribution in [3.8, 4) is 11.5 Å². The van der Waals surface area contributed by atoms with Gasteiger partial charge in [0.25, 0.3) is 5.91 Å². The minimum absolute atomic E-state index is 0.00887. The molecule has 8 nitrogen and oxygen atoms in total. The van der Waals surface area contributed by atoms with Gasteiger partial charge in [0.05, 0.1) is 30.2 Å². The van der Waals surface area contributed by atoms with Gasteiger partial charge in [-0.2, -0.15) is 0 Å². The molecule has 1 amide bonds. The standard InChI is InChI=1S/C26H23N3O5/c1-3-14-33-19-11-10-16(15-20(19)32-4-2)22-21-23(30)17-8-5-6-9-18(17)34-24(21)25(31)29(22)26-27-12-7-13-28-26/h5-13,15,22H,3-4,14H2,1-2H3. The molecule has 0 aliphatic carbocycles. The van der Waals surface area contributed by atoms with Crippen LogP contribution in [-0.4, -0.2) is 29.1 Å². The molecule has 2 aromatic carbocycles. The summed E-state index contributed by atoms with van der Waals surface area (Å²) in [6, 6.07) is 13.2. The van der Waals surface area contributed by atoms with Crippen molar-refractivity contribution in [3.63, 3.8) is 0 Å². The highest BCUT2D eigenvalue weighted by Crippen LogP contribution is 2.42. The number of amides is 1. The molecule has 0 bridgehead atoms. The monoisotopic (exact) mass is 457 g/mol. The topological polar surface area (TPSA) is 94.8 Å². The summed E-state index contributed by atoms with van der Waals surface area (Å²) >= 11 is 0. The summed E-state index contributed by atoms with van der Waals surface area (Å²) in [6.07, 6.45) is 3.95.